The molecule has 0 radical (unpaired) electrons. The van der Waals surface area contributed by atoms with Crippen molar-refractivity contribution in [3.8, 4) is 11.5 Å². The van der Waals surface area contributed by atoms with Gasteiger partial charge in [0.25, 0.3) is 11.6 Å². The molecule has 28 heavy (non-hydrogen) atoms. The van der Waals surface area contributed by atoms with Crippen LogP contribution in [-0.2, 0) is 4.79 Å². The largest absolute Gasteiger partial charge is 0.493 e. The van der Waals surface area contributed by atoms with Crippen molar-refractivity contribution >= 4 is 40.3 Å². The van der Waals surface area contributed by atoms with Crippen LogP contribution in [-0.4, -0.2) is 28.9 Å². The van der Waals surface area contributed by atoms with Crippen molar-refractivity contribution in [3.63, 3.8) is 0 Å². The summed E-state index contributed by atoms with van der Waals surface area (Å²) in [6.45, 7) is 1.93. The molecule has 1 saturated heterocycles. The first kappa shape index (κ1) is 20.1. The summed E-state index contributed by atoms with van der Waals surface area (Å²) in [5, 5.41) is 13.9. The number of amides is 1. The van der Waals surface area contributed by atoms with E-state index in [2.05, 4.69) is 5.32 Å². The molecule has 1 fully saturated rings. The third-order valence-corrected chi connectivity index (χ3v) is 5.61. The van der Waals surface area contributed by atoms with Gasteiger partial charge in [0.2, 0.25) is 0 Å². The average molecular weight is 418 g/mol. The van der Waals surface area contributed by atoms with Gasteiger partial charge in [0.05, 0.1) is 22.4 Å². The number of carbonyl (C=O) groups is 1. The summed E-state index contributed by atoms with van der Waals surface area (Å²) >= 11 is 6.18. The molecule has 1 aromatic carbocycles. The van der Waals surface area contributed by atoms with E-state index in [0.29, 0.717) is 27.1 Å². The molecule has 1 N–H and O–H groups in total. The lowest BCUT2D eigenvalue weighted by molar-refractivity contribution is -0.441. The summed E-state index contributed by atoms with van der Waals surface area (Å²) < 4.78 is 11.7. The van der Waals surface area contributed by atoms with Gasteiger partial charge >= 0.3 is 0 Å². The Kier molecular flexibility index (Phi) is 5.85. The number of methoxy groups -OCH3 is 1. The summed E-state index contributed by atoms with van der Waals surface area (Å²) in [7, 11) is 1.51. The molecule has 7 nitrogen and oxygen atoms in total. The molecule has 0 aromatic heterocycles. The molecule has 1 aliphatic carbocycles. The molecule has 1 atom stereocenters. The van der Waals surface area contributed by atoms with Crippen LogP contribution in [0, 0.1) is 15.5 Å². The zero-order chi connectivity index (χ0) is 20.3. The van der Waals surface area contributed by atoms with Crippen molar-refractivity contribution in [2.45, 2.75) is 13.3 Å². The zero-order valence-electron chi connectivity index (χ0n) is 15.3. The summed E-state index contributed by atoms with van der Waals surface area (Å²) in [6.07, 6.45) is 7.31. The maximum Gasteiger partial charge on any atom is 0.263 e. The first-order valence-corrected chi connectivity index (χ1v) is 9.62. The molecule has 9 heteroatoms. The van der Waals surface area contributed by atoms with E-state index in [1.165, 1.54) is 24.9 Å². The number of ether oxygens (including phenoxy) is 2. The molecule has 146 valence electrons. The number of allylic oxidation sites excluding steroid dienone is 3. The molecule has 0 bridgehead atoms. The number of rotatable bonds is 6. The fourth-order valence-electron chi connectivity index (χ4n) is 2.91. The van der Waals surface area contributed by atoms with Crippen LogP contribution in [0.2, 0.25) is 0 Å². The number of thioether (sulfide) groups is 1. The summed E-state index contributed by atoms with van der Waals surface area (Å²) in [6, 6.07) is 5.25. The Morgan fingerprint density at radius 3 is 2.86 bits per heavy atom. The minimum absolute atomic E-state index is 0.121. The van der Waals surface area contributed by atoms with E-state index in [0.717, 1.165) is 5.56 Å². The van der Waals surface area contributed by atoms with Crippen molar-refractivity contribution in [3.05, 3.63) is 62.7 Å². The molecule has 1 aliphatic heterocycles. The second-order valence-electron chi connectivity index (χ2n) is 6.55. The Hall–Kier alpha value is -2.65. The Labute approximate surface area is 171 Å². The van der Waals surface area contributed by atoms with Crippen LogP contribution in [0.1, 0.15) is 18.9 Å². The SMILES string of the molecule is COc1cc(/C=C2\SC(=S)NC2=O)ccc1OCC1(C)CC=CC=C1[N+](=O)[O-]. The first-order chi connectivity index (χ1) is 13.3. The van der Waals surface area contributed by atoms with Gasteiger partial charge in [-0.25, -0.2) is 0 Å². The highest BCUT2D eigenvalue weighted by atomic mass is 32.2. The van der Waals surface area contributed by atoms with Crippen LogP contribution in [0.25, 0.3) is 6.08 Å². The van der Waals surface area contributed by atoms with Crippen molar-refractivity contribution < 1.29 is 19.2 Å². The standard InChI is InChI=1S/C19H18N2O5S2/c1-19(8-4-3-5-16(19)21(23)24)11-26-13-7-6-12(9-14(13)25-2)10-15-17(22)20-18(27)28-15/h3-7,9-10H,8,11H2,1-2H3,(H,20,22,27)/b15-10-. The third-order valence-electron chi connectivity index (χ3n) is 4.45. The molecule has 0 spiro atoms. The van der Waals surface area contributed by atoms with E-state index in [4.69, 9.17) is 21.7 Å². The second kappa shape index (κ2) is 8.15. The van der Waals surface area contributed by atoms with Crippen LogP contribution in [0.4, 0.5) is 0 Å². The maximum absolute atomic E-state index is 11.8. The Bertz CT molecular complexity index is 938. The zero-order valence-corrected chi connectivity index (χ0v) is 16.9. The molecule has 3 rings (SSSR count). The van der Waals surface area contributed by atoms with Gasteiger partial charge in [-0.3, -0.25) is 14.9 Å². The predicted molar refractivity (Wildman–Crippen MR) is 112 cm³/mol. The number of hydrogen-bond acceptors (Lipinski definition) is 7. The lowest BCUT2D eigenvalue weighted by Gasteiger charge is -2.27. The number of thiocarbonyl (C=S) groups is 1. The van der Waals surface area contributed by atoms with Crippen molar-refractivity contribution in [1.29, 1.82) is 0 Å². The van der Waals surface area contributed by atoms with Gasteiger partial charge in [0, 0.05) is 6.08 Å². The topological polar surface area (TPSA) is 90.7 Å². The summed E-state index contributed by atoms with van der Waals surface area (Å²) in [5.74, 6) is 0.718. The Morgan fingerprint density at radius 1 is 1.43 bits per heavy atom. The van der Waals surface area contributed by atoms with Crippen LogP contribution in [0.15, 0.2) is 47.0 Å². The summed E-state index contributed by atoms with van der Waals surface area (Å²) in [4.78, 5) is 23.3. The normalized spacial score (nSPS) is 22.8. The summed E-state index contributed by atoms with van der Waals surface area (Å²) in [5.41, 5.74) is 0.137. The van der Waals surface area contributed by atoms with Gasteiger partial charge in [0.1, 0.15) is 10.9 Å². The van der Waals surface area contributed by atoms with Gasteiger partial charge in [-0.1, -0.05) is 42.2 Å². The predicted octanol–water partition coefficient (Wildman–Crippen LogP) is 3.69. The van der Waals surface area contributed by atoms with Crippen LogP contribution in [0.3, 0.4) is 0 Å². The van der Waals surface area contributed by atoms with Crippen molar-refractivity contribution in [2.24, 2.45) is 5.41 Å². The number of benzene rings is 1. The minimum Gasteiger partial charge on any atom is -0.493 e. The van der Waals surface area contributed by atoms with E-state index in [1.807, 2.05) is 6.08 Å². The van der Waals surface area contributed by atoms with Crippen LogP contribution < -0.4 is 14.8 Å². The molecule has 1 aromatic rings. The Morgan fingerprint density at radius 2 is 2.21 bits per heavy atom. The lowest BCUT2D eigenvalue weighted by atomic mass is 9.81. The number of nitro groups is 1. The lowest BCUT2D eigenvalue weighted by Crippen LogP contribution is -2.31. The van der Waals surface area contributed by atoms with Gasteiger partial charge in [0.15, 0.2) is 11.5 Å². The van der Waals surface area contributed by atoms with Crippen LogP contribution >= 0.6 is 24.0 Å². The molecular weight excluding hydrogens is 400 g/mol. The van der Waals surface area contributed by atoms with Crippen molar-refractivity contribution in [2.75, 3.05) is 13.7 Å². The minimum atomic E-state index is -0.738. The molecule has 0 saturated carbocycles. The van der Waals surface area contributed by atoms with Gasteiger partial charge < -0.3 is 14.8 Å². The quantitative estimate of drug-likeness (QED) is 0.326. The molecule has 2 aliphatic rings. The molecule has 1 unspecified atom stereocenters. The van der Waals surface area contributed by atoms with E-state index < -0.39 is 5.41 Å². The van der Waals surface area contributed by atoms with E-state index in [-0.39, 0.29) is 23.1 Å². The number of carbonyl (C=O) groups excluding carboxylic acids is 1. The smallest absolute Gasteiger partial charge is 0.263 e. The van der Waals surface area contributed by atoms with Gasteiger partial charge in [-0.05, 0) is 37.1 Å². The van der Waals surface area contributed by atoms with E-state index in [1.54, 1.807) is 37.3 Å². The highest BCUT2D eigenvalue weighted by molar-refractivity contribution is 8.26. The highest BCUT2D eigenvalue weighted by Crippen LogP contribution is 2.37. The second-order valence-corrected chi connectivity index (χ2v) is 8.27. The van der Waals surface area contributed by atoms with Gasteiger partial charge in [-0.2, -0.15) is 0 Å². The van der Waals surface area contributed by atoms with E-state index in [9.17, 15) is 14.9 Å². The molecular formula is C19H18N2O5S2. The number of nitrogens with one attached hydrogen (secondary N) is 1. The number of nitrogens with zero attached hydrogens (tertiary/aromatic N) is 1. The average Bonchev–Trinajstić information content (AvgIpc) is 2.97. The number of hydrogen-bond donors (Lipinski definition) is 1. The molecule has 1 amide bonds. The van der Waals surface area contributed by atoms with Gasteiger partial charge in [-0.15, -0.1) is 0 Å². The van der Waals surface area contributed by atoms with Crippen LogP contribution in [0.5, 0.6) is 11.5 Å². The molecule has 1 heterocycles. The highest BCUT2D eigenvalue weighted by Gasteiger charge is 2.39. The first-order valence-electron chi connectivity index (χ1n) is 8.40. The maximum atomic E-state index is 11.8. The fraction of sp³-hybridized carbons (Fsp3) is 0.263. The monoisotopic (exact) mass is 418 g/mol. The van der Waals surface area contributed by atoms with Crippen molar-refractivity contribution in [1.82, 2.24) is 5.32 Å². The third kappa shape index (κ3) is 4.26. The van der Waals surface area contributed by atoms with E-state index >= 15 is 0 Å². The fourth-order valence-corrected chi connectivity index (χ4v) is 3.95. The Balaban J connectivity index is 1.78.